The Bertz CT molecular complexity index is 395. The van der Waals surface area contributed by atoms with Crippen LogP contribution in [0.1, 0.15) is 33.6 Å². The highest BCUT2D eigenvalue weighted by Gasteiger charge is 2.51. The molecule has 0 saturated heterocycles. The van der Waals surface area contributed by atoms with E-state index in [9.17, 15) is 9.59 Å². The molecule has 16 heavy (non-hydrogen) atoms. The van der Waals surface area contributed by atoms with Crippen molar-refractivity contribution in [3.05, 3.63) is 9.15 Å². The van der Waals surface area contributed by atoms with Crippen LogP contribution in [-0.4, -0.2) is 17.9 Å². The van der Waals surface area contributed by atoms with Crippen molar-refractivity contribution >= 4 is 34.3 Å². The third kappa shape index (κ3) is 1.81. The minimum absolute atomic E-state index is 0.0528. The van der Waals surface area contributed by atoms with Crippen LogP contribution >= 0.6 is 22.6 Å². The molecule has 0 aliphatic heterocycles. The lowest BCUT2D eigenvalue weighted by Crippen LogP contribution is -2.29. The molecule has 2 rings (SSSR count). The normalized spacial score (nSPS) is 31.9. The Balaban J connectivity index is 2.38. The number of ether oxygens (including phenoxy) is 1. The van der Waals surface area contributed by atoms with Gasteiger partial charge >= 0.3 is 5.97 Å². The Morgan fingerprint density at radius 1 is 1.50 bits per heavy atom. The zero-order valence-corrected chi connectivity index (χ0v) is 11.8. The Labute approximate surface area is 109 Å². The van der Waals surface area contributed by atoms with Crippen LogP contribution in [0.15, 0.2) is 9.15 Å². The zero-order chi connectivity index (χ0) is 12.1. The average molecular weight is 334 g/mol. The molecule has 0 heterocycles. The number of ketones is 1. The third-order valence-electron chi connectivity index (χ3n) is 3.42. The Hall–Kier alpha value is -0.390. The van der Waals surface area contributed by atoms with E-state index in [1.807, 2.05) is 0 Å². The SMILES string of the molecule is CC(=O)O[C@H]1C2=C(I)C(=O)C[C@@H]2CC1(C)C. The van der Waals surface area contributed by atoms with Crippen LogP contribution in [0.5, 0.6) is 0 Å². The van der Waals surface area contributed by atoms with Crippen LogP contribution in [0.4, 0.5) is 0 Å². The fourth-order valence-electron chi connectivity index (χ4n) is 2.83. The fraction of sp³-hybridized carbons (Fsp3) is 0.667. The molecule has 4 heteroatoms. The molecular formula is C12H15IO3. The van der Waals surface area contributed by atoms with Gasteiger partial charge in [-0.05, 0) is 40.5 Å². The molecule has 0 N–H and O–H groups in total. The lowest BCUT2D eigenvalue weighted by Gasteiger charge is -2.27. The highest BCUT2D eigenvalue weighted by Crippen LogP contribution is 2.53. The number of carbonyl (C=O) groups excluding carboxylic acids is 2. The van der Waals surface area contributed by atoms with E-state index < -0.39 is 0 Å². The smallest absolute Gasteiger partial charge is 0.303 e. The molecule has 2 atom stereocenters. The molecule has 2 aliphatic carbocycles. The number of hydrogen-bond donors (Lipinski definition) is 0. The Morgan fingerprint density at radius 2 is 2.12 bits per heavy atom. The molecule has 2 aliphatic rings. The summed E-state index contributed by atoms with van der Waals surface area (Å²) in [6.45, 7) is 5.62. The third-order valence-corrected chi connectivity index (χ3v) is 4.64. The number of rotatable bonds is 1. The maximum absolute atomic E-state index is 11.6. The van der Waals surface area contributed by atoms with Crippen molar-refractivity contribution in [1.82, 2.24) is 0 Å². The molecule has 3 nitrogen and oxygen atoms in total. The van der Waals surface area contributed by atoms with Crippen molar-refractivity contribution < 1.29 is 14.3 Å². The van der Waals surface area contributed by atoms with Crippen molar-refractivity contribution in [3.8, 4) is 0 Å². The zero-order valence-electron chi connectivity index (χ0n) is 9.67. The van der Waals surface area contributed by atoms with Crippen LogP contribution in [0.3, 0.4) is 0 Å². The van der Waals surface area contributed by atoms with E-state index in [0.29, 0.717) is 12.3 Å². The lowest BCUT2D eigenvalue weighted by molar-refractivity contribution is -0.148. The van der Waals surface area contributed by atoms with Gasteiger partial charge in [-0.25, -0.2) is 0 Å². The molecule has 0 spiro atoms. The number of halogens is 1. The van der Waals surface area contributed by atoms with Gasteiger partial charge < -0.3 is 4.74 Å². The summed E-state index contributed by atoms with van der Waals surface area (Å²) in [5.41, 5.74) is 1.01. The van der Waals surface area contributed by atoms with Crippen LogP contribution in [0, 0.1) is 11.3 Å². The molecule has 1 fully saturated rings. The number of hydrogen-bond acceptors (Lipinski definition) is 3. The maximum atomic E-state index is 11.6. The second-order valence-corrected chi connectivity index (χ2v) is 6.35. The monoisotopic (exact) mass is 334 g/mol. The minimum Gasteiger partial charge on any atom is -0.457 e. The lowest BCUT2D eigenvalue weighted by atomic mass is 9.87. The molecule has 88 valence electrons. The highest BCUT2D eigenvalue weighted by atomic mass is 127. The molecule has 0 aromatic rings. The molecule has 0 amide bonds. The summed E-state index contributed by atoms with van der Waals surface area (Å²) in [6, 6.07) is 0. The summed E-state index contributed by atoms with van der Waals surface area (Å²) >= 11 is 2.09. The first-order valence-electron chi connectivity index (χ1n) is 5.43. The van der Waals surface area contributed by atoms with Gasteiger partial charge in [0.15, 0.2) is 5.78 Å². The molecule has 0 aromatic heterocycles. The van der Waals surface area contributed by atoms with Gasteiger partial charge in [0.05, 0.1) is 3.58 Å². The Morgan fingerprint density at radius 3 is 2.69 bits per heavy atom. The summed E-state index contributed by atoms with van der Waals surface area (Å²) in [7, 11) is 0. The van der Waals surface area contributed by atoms with E-state index in [1.54, 1.807) is 0 Å². The number of allylic oxidation sites excluding steroid dienone is 1. The van der Waals surface area contributed by atoms with Gasteiger partial charge in [0, 0.05) is 18.8 Å². The maximum Gasteiger partial charge on any atom is 0.303 e. The van der Waals surface area contributed by atoms with Crippen LogP contribution < -0.4 is 0 Å². The van der Waals surface area contributed by atoms with E-state index in [1.165, 1.54) is 6.92 Å². The molecule has 1 saturated carbocycles. The summed E-state index contributed by atoms with van der Waals surface area (Å²) in [4.78, 5) is 22.8. The topological polar surface area (TPSA) is 43.4 Å². The Kier molecular flexibility index (Phi) is 2.88. The standard InChI is InChI=1S/C12H15IO3/c1-6(14)16-11-9-7(5-12(11,2)3)4-8(15)10(9)13/h7,11H,4-5H2,1-3H3/t7-,11+/m1/s1. The van der Waals surface area contributed by atoms with Crippen molar-refractivity contribution in [3.63, 3.8) is 0 Å². The van der Waals surface area contributed by atoms with Crippen molar-refractivity contribution in [2.45, 2.75) is 39.7 Å². The second-order valence-electron chi connectivity index (χ2n) is 5.28. The van der Waals surface area contributed by atoms with Crippen LogP contribution in [0.25, 0.3) is 0 Å². The fourth-order valence-corrected chi connectivity index (χ4v) is 3.77. The first-order chi connectivity index (χ1) is 7.33. The molecule has 0 radical (unpaired) electrons. The van der Waals surface area contributed by atoms with E-state index in [4.69, 9.17) is 4.74 Å². The van der Waals surface area contributed by atoms with Gasteiger partial charge in [-0.3, -0.25) is 9.59 Å². The molecular weight excluding hydrogens is 319 g/mol. The molecule has 0 bridgehead atoms. The second kappa shape index (κ2) is 3.82. The summed E-state index contributed by atoms with van der Waals surface area (Å²) < 4.78 is 6.20. The first-order valence-corrected chi connectivity index (χ1v) is 6.51. The number of Topliss-reactive ketones (excluding diaryl/α,β-unsaturated/α-hetero) is 1. The van der Waals surface area contributed by atoms with E-state index >= 15 is 0 Å². The largest absolute Gasteiger partial charge is 0.457 e. The van der Waals surface area contributed by atoms with Gasteiger partial charge in [0.25, 0.3) is 0 Å². The van der Waals surface area contributed by atoms with E-state index in [0.717, 1.165) is 15.6 Å². The average Bonchev–Trinajstić information content (AvgIpc) is 2.50. The predicted octanol–water partition coefficient (Wildman–Crippen LogP) is 2.63. The quantitative estimate of drug-likeness (QED) is 0.547. The number of carbonyl (C=O) groups is 2. The predicted molar refractivity (Wildman–Crippen MR) is 68.1 cm³/mol. The number of fused-ring (bicyclic) bond motifs is 1. The molecule has 0 aromatic carbocycles. The summed E-state index contributed by atoms with van der Waals surface area (Å²) in [5.74, 6) is 0.224. The van der Waals surface area contributed by atoms with Crippen molar-refractivity contribution in [1.29, 1.82) is 0 Å². The number of esters is 1. The highest BCUT2D eigenvalue weighted by molar-refractivity contribution is 14.1. The van der Waals surface area contributed by atoms with Gasteiger partial charge in [-0.2, -0.15) is 0 Å². The van der Waals surface area contributed by atoms with Gasteiger partial charge in [-0.1, -0.05) is 13.8 Å². The first kappa shape index (κ1) is 12.1. The van der Waals surface area contributed by atoms with E-state index in [-0.39, 0.29) is 23.3 Å². The molecule has 0 unspecified atom stereocenters. The summed E-state index contributed by atoms with van der Waals surface area (Å²) in [5, 5.41) is 0. The van der Waals surface area contributed by atoms with Gasteiger partial charge in [-0.15, -0.1) is 0 Å². The van der Waals surface area contributed by atoms with Gasteiger partial charge in [0.1, 0.15) is 6.10 Å². The van der Waals surface area contributed by atoms with E-state index in [2.05, 4.69) is 36.4 Å². The summed E-state index contributed by atoms with van der Waals surface area (Å²) in [6.07, 6.45) is 1.31. The minimum atomic E-state index is -0.269. The van der Waals surface area contributed by atoms with Crippen LogP contribution in [0.2, 0.25) is 0 Å². The van der Waals surface area contributed by atoms with Crippen molar-refractivity contribution in [2.24, 2.45) is 11.3 Å². The van der Waals surface area contributed by atoms with Crippen LogP contribution in [-0.2, 0) is 14.3 Å². The van der Waals surface area contributed by atoms with Gasteiger partial charge in [0.2, 0.25) is 0 Å². The van der Waals surface area contributed by atoms with Crippen molar-refractivity contribution in [2.75, 3.05) is 0 Å².